The van der Waals surface area contributed by atoms with Gasteiger partial charge in [-0.3, -0.25) is 14.9 Å². The Morgan fingerprint density at radius 3 is 3.08 bits per heavy atom. The summed E-state index contributed by atoms with van der Waals surface area (Å²) in [6.45, 7) is 2.38. The average Bonchev–Trinajstić information content (AvgIpc) is 3.20. The molecule has 0 aliphatic rings. The van der Waals surface area contributed by atoms with Crippen LogP contribution in [0.4, 0.5) is 0 Å². The number of benzene rings is 1. The minimum Gasteiger partial charge on any atom is -0.360 e. The maximum absolute atomic E-state index is 12.5. The van der Waals surface area contributed by atoms with E-state index >= 15 is 0 Å². The number of hydrogen-bond donors (Lipinski definition) is 3. The van der Waals surface area contributed by atoms with Crippen LogP contribution in [0, 0.1) is 6.92 Å². The number of hydrogen-bond acceptors (Lipinski definition) is 3. The van der Waals surface area contributed by atoms with Crippen molar-refractivity contribution in [2.45, 2.75) is 13.3 Å². The van der Waals surface area contributed by atoms with Gasteiger partial charge in [-0.15, -0.1) is 0 Å². The van der Waals surface area contributed by atoms with Gasteiger partial charge in [0.05, 0.1) is 27.1 Å². The maximum atomic E-state index is 12.5. The molecule has 3 N–H and O–H groups in total. The van der Waals surface area contributed by atoms with Crippen molar-refractivity contribution in [3.63, 3.8) is 0 Å². The van der Waals surface area contributed by atoms with Crippen molar-refractivity contribution < 1.29 is 4.79 Å². The molecule has 0 saturated heterocycles. The van der Waals surface area contributed by atoms with Gasteiger partial charge in [-0.1, -0.05) is 11.6 Å². The van der Waals surface area contributed by atoms with Crippen LogP contribution in [-0.2, 0) is 6.42 Å². The molecule has 0 radical (unpaired) electrons. The molecule has 4 rings (SSSR count). The fraction of sp³-hybridized carbons (Fsp3) is 0.167. The van der Waals surface area contributed by atoms with E-state index in [1.54, 1.807) is 18.3 Å². The minimum absolute atomic E-state index is 0.194. The Morgan fingerprint density at radius 2 is 2.20 bits per heavy atom. The summed E-state index contributed by atoms with van der Waals surface area (Å²) in [6, 6.07) is 7.36. The lowest BCUT2D eigenvalue weighted by Crippen LogP contribution is -2.26. The number of pyridine rings is 1. The standard InChI is InChI=1S/C18H16ClN5O/c1-10-15-13(24-23-10)5-4-12(16(15)19)18(25)21-8-6-11-9-22-14-3-2-7-20-17(11)14/h2-5,7,9,22H,6,8H2,1H3,(H,21,25)(H,23,24). The van der Waals surface area contributed by atoms with E-state index < -0.39 is 0 Å². The van der Waals surface area contributed by atoms with E-state index in [1.807, 2.05) is 25.3 Å². The second-order valence-corrected chi connectivity index (χ2v) is 6.27. The summed E-state index contributed by atoms with van der Waals surface area (Å²) >= 11 is 6.40. The zero-order chi connectivity index (χ0) is 17.4. The Bertz CT molecular complexity index is 1080. The number of aromatic nitrogens is 4. The molecule has 126 valence electrons. The molecule has 0 saturated carbocycles. The molecule has 0 aliphatic heterocycles. The van der Waals surface area contributed by atoms with Crippen LogP contribution >= 0.6 is 11.6 Å². The predicted molar refractivity (Wildman–Crippen MR) is 98.0 cm³/mol. The number of nitrogens with one attached hydrogen (secondary N) is 3. The van der Waals surface area contributed by atoms with Crippen LogP contribution in [0.25, 0.3) is 21.9 Å². The normalized spacial score (nSPS) is 11.3. The van der Waals surface area contributed by atoms with Gasteiger partial charge in [-0.2, -0.15) is 5.10 Å². The van der Waals surface area contributed by atoms with Crippen LogP contribution in [0.15, 0.2) is 36.7 Å². The van der Waals surface area contributed by atoms with Gasteiger partial charge in [0.1, 0.15) is 0 Å². The van der Waals surface area contributed by atoms with Crippen molar-refractivity contribution >= 4 is 39.4 Å². The Labute approximate surface area is 148 Å². The molecule has 6 nitrogen and oxygen atoms in total. The van der Waals surface area contributed by atoms with E-state index in [-0.39, 0.29) is 5.91 Å². The van der Waals surface area contributed by atoms with Gasteiger partial charge in [0.25, 0.3) is 5.91 Å². The van der Waals surface area contributed by atoms with E-state index in [2.05, 4.69) is 25.5 Å². The van der Waals surface area contributed by atoms with Crippen LogP contribution in [0.3, 0.4) is 0 Å². The molecule has 4 aromatic rings. The molecule has 0 unspecified atom stereocenters. The largest absolute Gasteiger partial charge is 0.360 e. The number of amides is 1. The molecule has 3 heterocycles. The van der Waals surface area contributed by atoms with Crippen LogP contribution in [-0.4, -0.2) is 32.6 Å². The maximum Gasteiger partial charge on any atom is 0.252 e. The first-order valence-corrected chi connectivity index (χ1v) is 8.35. The number of H-pyrrole nitrogens is 2. The summed E-state index contributed by atoms with van der Waals surface area (Å²) in [5.41, 5.74) is 5.06. The average molecular weight is 354 g/mol. The third-order valence-electron chi connectivity index (χ3n) is 4.28. The third kappa shape index (κ3) is 2.74. The zero-order valence-corrected chi connectivity index (χ0v) is 14.3. The molecular weight excluding hydrogens is 338 g/mol. The van der Waals surface area contributed by atoms with Crippen molar-refractivity contribution in [1.29, 1.82) is 0 Å². The quantitative estimate of drug-likeness (QED) is 0.525. The summed E-state index contributed by atoms with van der Waals surface area (Å²) in [7, 11) is 0. The number of aromatic amines is 2. The fourth-order valence-corrected chi connectivity index (χ4v) is 3.39. The first kappa shape index (κ1) is 15.7. The molecular formula is C18H16ClN5O. The summed E-state index contributed by atoms with van der Waals surface area (Å²) in [4.78, 5) is 20.0. The second-order valence-electron chi connectivity index (χ2n) is 5.89. The van der Waals surface area contributed by atoms with Crippen molar-refractivity contribution in [2.24, 2.45) is 0 Å². The lowest BCUT2D eigenvalue weighted by molar-refractivity contribution is 0.0954. The van der Waals surface area contributed by atoms with E-state index in [4.69, 9.17) is 11.6 Å². The van der Waals surface area contributed by atoms with Crippen molar-refractivity contribution in [1.82, 2.24) is 25.5 Å². The van der Waals surface area contributed by atoms with E-state index in [9.17, 15) is 4.79 Å². The molecule has 3 aromatic heterocycles. The minimum atomic E-state index is -0.194. The van der Waals surface area contributed by atoms with Gasteiger partial charge >= 0.3 is 0 Å². The zero-order valence-electron chi connectivity index (χ0n) is 13.6. The number of halogens is 1. The molecule has 25 heavy (non-hydrogen) atoms. The van der Waals surface area contributed by atoms with Crippen molar-refractivity contribution in [3.8, 4) is 0 Å². The number of rotatable bonds is 4. The number of carbonyl (C=O) groups is 1. The molecule has 7 heteroatoms. The SMILES string of the molecule is Cc1[nH]nc2ccc(C(=O)NCCc3c[nH]c4cccnc34)c(Cl)c12. The van der Waals surface area contributed by atoms with Crippen LogP contribution < -0.4 is 5.32 Å². The van der Waals surface area contributed by atoms with Gasteiger partial charge in [-0.25, -0.2) is 0 Å². The molecule has 1 amide bonds. The van der Waals surface area contributed by atoms with Crippen molar-refractivity contribution in [2.75, 3.05) is 6.54 Å². The van der Waals surface area contributed by atoms with Gasteiger partial charge in [-0.05, 0) is 43.2 Å². The lowest BCUT2D eigenvalue weighted by atomic mass is 10.1. The number of aryl methyl sites for hydroxylation is 1. The third-order valence-corrected chi connectivity index (χ3v) is 4.67. The number of fused-ring (bicyclic) bond motifs is 2. The molecule has 0 bridgehead atoms. The molecule has 0 spiro atoms. The highest BCUT2D eigenvalue weighted by Crippen LogP contribution is 2.28. The predicted octanol–water partition coefficient (Wildman–Crippen LogP) is 3.37. The Balaban J connectivity index is 1.49. The monoisotopic (exact) mass is 353 g/mol. The van der Waals surface area contributed by atoms with Crippen LogP contribution in [0.5, 0.6) is 0 Å². The Morgan fingerprint density at radius 1 is 1.32 bits per heavy atom. The number of nitrogens with zero attached hydrogens (tertiary/aromatic N) is 2. The first-order chi connectivity index (χ1) is 12.1. The highest BCUT2D eigenvalue weighted by atomic mass is 35.5. The van der Waals surface area contributed by atoms with Gasteiger partial charge in [0, 0.05) is 30.0 Å². The molecule has 1 aromatic carbocycles. The lowest BCUT2D eigenvalue weighted by Gasteiger charge is -2.07. The highest BCUT2D eigenvalue weighted by Gasteiger charge is 2.16. The summed E-state index contributed by atoms with van der Waals surface area (Å²) < 4.78 is 0. The summed E-state index contributed by atoms with van der Waals surface area (Å²) in [5, 5.41) is 11.2. The Hall–Kier alpha value is -2.86. The van der Waals surface area contributed by atoms with E-state index in [1.165, 1.54) is 0 Å². The summed E-state index contributed by atoms with van der Waals surface area (Å²) in [6.07, 6.45) is 4.38. The van der Waals surface area contributed by atoms with Crippen LogP contribution in [0.2, 0.25) is 5.02 Å². The molecule has 0 fully saturated rings. The van der Waals surface area contributed by atoms with E-state index in [0.29, 0.717) is 23.6 Å². The van der Waals surface area contributed by atoms with Gasteiger partial charge < -0.3 is 10.3 Å². The van der Waals surface area contributed by atoms with Gasteiger partial charge in [0.2, 0.25) is 0 Å². The highest BCUT2D eigenvalue weighted by molar-refractivity contribution is 6.38. The van der Waals surface area contributed by atoms with Gasteiger partial charge in [0.15, 0.2) is 0 Å². The fourth-order valence-electron chi connectivity index (χ4n) is 3.00. The molecule has 0 aliphatic carbocycles. The van der Waals surface area contributed by atoms with Crippen LogP contribution in [0.1, 0.15) is 21.6 Å². The first-order valence-electron chi connectivity index (χ1n) is 7.97. The number of carbonyl (C=O) groups excluding carboxylic acids is 1. The Kier molecular flexibility index (Phi) is 3.89. The van der Waals surface area contributed by atoms with Crippen molar-refractivity contribution in [3.05, 3.63) is 58.5 Å². The smallest absolute Gasteiger partial charge is 0.252 e. The molecule has 0 atom stereocenters. The summed E-state index contributed by atoms with van der Waals surface area (Å²) in [5.74, 6) is -0.194. The topological polar surface area (TPSA) is 86.5 Å². The second kappa shape index (κ2) is 6.22. The van der Waals surface area contributed by atoms with E-state index in [0.717, 1.165) is 33.2 Å².